The van der Waals surface area contributed by atoms with Crippen LogP contribution < -0.4 is 16.0 Å². The summed E-state index contributed by atoms with van der Waals surface area (Å²) in [6.45, 7) is 2.47. The van der Waals surface area contributed by atoms with Gasteiger partial charge in [0.2, 0.25) is 17.7 Å². The van der Waals surface area contributed by atoms with Crippen molar-refractivity contribution in [3.63, 3.8) is 0 Å². The minimum absolute atomic E-state index is 0.0221. The second kappa shape index (κ2) is 34.4. The number of ketones is 1. The van der Waals surface area contributed by atoms with E-state index in [0.29, 0.717) is 39.2 Å². The Balaban J connectivity index is 3.42. The van der Waals surface area contributed by atoms with Crippen LogP contribution in [0.4, 0.5) is 0 Å². The molecular weight excluding hydrogens is 650 g/mol. The number of rotatable bonds is 37. The quantitative estimate of drug-likeness (QED) is 0.0573. The molecule has 0 saturated heterocycles. The summed E-state index contributed by atoms with van der Waals surface area (Å²) in [5.74, 6) is -3.23. The fraction of sp³-hybridized carbons (Fsp3) is 0.833. The molecule has 3 amide bonds. The summed E-state index contributed by atoms with van der Waals surface area (Å²) in [6, 6.07) is -1.20. The van der Waals surface area contributed by atoms with Crippen LogP contribution in [0.3, 0.4) is 0 Å². The molecule has 0 aromatic carbocycles. The molecule has 0 aliphatic carbocycles. The lowest BCUT2D eigenvalue weighted by Gasteiger charge is -2.13. The number of carboxylic acids is 2. The maximum absolute atomic E-state index is 12.0. The molecule has 0 aromatic heterocycles. The summed E-state index contributed by atoms with van der Waals surface area (Å²) in [6.07, 6.45) is 19.7. The largest absolute Gasteiger partial charge is 0.481 e. The summed E-state index contributed by atoms with van der Waals surface area (Å²) in [7, 11) is 0. The smallest absolute Gasteiger partial charge is 0.326 e. The molecule has 0 heterocycles. The van der Waals surface area contributed by atoms with E-state index < -0.39 is 36.4 Å². The van der Waals surface area contributed by atoms with Crippen molar-refractivity contribution in [2.24, 2.45) is 0 Å². The molecule has 0 saturated carbocycles. The summed E-state index contributed by atoms with van der Waals surface area (Å²) in [5.41, 5.74) is 0. The topological polar surface area (TPSA) is 207 Å². The summed E-state index contributed by atoms with van der Waals surface area (Å²) in [5, 5.41) is 25.4. The predicted octanol–water partition coefficient (Wildman–Crippen LogP) is 4.31. The van der Waals surface area contributed by atoms with Gasteiger partial charge in [-0.2, -0.15) is 0 Å². The van der Waals surface area contributed by atoms with E-state index in [1.807, 2.05) is 0 Å². The number of amides is 3. The van der Waals surface area contributed by atoms with Gasteiger partial charge in [0, 0.05) is 32.4 Å². The first-order chi connectivity index (χ1) is 24.1. The number of nitrogens with one attached hydrogen (secondary N) is 3. The van der Waals surface area contributed by atoms with Crippen LogP contribution in [-0.4, -0.2) is 104 Å². The third-order valence-corrected chi connectivity index (χ3v) is 7.94. The highest BCUT2D eigenvalue weighted by molar-refractivity contribution is 5.85. The SMILES string of the molecule is CC(=O)CC[C@H](NC(=O)COCC(=O)NCCOCCOCCNC(=O)CCCCCCCCCCCCCCCCCCC(=O)O)C(=O)O. The molecule has 0 aliphatic rings. The second-order valence-corrected chi connectivity index (χ2v) is 12.7. The molecule has 14 heteroatoms. The van der Waals surface area contributed by atoms with Crippen molar-refractivity contribution in [2.45, 2.75) is 141 Å². The Labute approximate surface area is 298 Å². The minimum atomic E-state index is -1.25. The van der Waals surface area contributed by atoms with E-state index in [-0.39, 0.29) is 44.3 Å². The lowest BCUT2D eigenvalue weighted by Crippen LogP contribution is -2.43. The average Bonchev–Trinajstić information content (AvgIpc) is 3.06. The van der Waals surface area contributed by atoms with Gasteiger partial charge in [-0.15, -0.1) is 0 Å². The normalized spacial score (nSPS) is 11.5. The Bertz CT molecular complexity index is 933. The van der Waals surface area contributed by atoms with Crippen LogP contribution in [0, 0.1) is 0 Å². The Morgan fingerprint density at radius 3 is 1.36 bits per heavy atom. The van der Waals surface area contributed by atoms with Gasteiger partial charge in [0.15, 0.2) is 0 Å². The fourth-order valence-corrected chi connectivity index (χ4v) is 5.10. The first kappa shape index (κ1) is 46.9. The maximum atomic E-state index is 12.0. The number of Topliss-reactive ketones (excluding diaryl/α,β-unsaturated/α-hetero) is 1. The molecule has 0 fully saturated rings. The number of ether oxygens (including phenoxy) is 3. The molecule has 0 aromatic rings. The summed E-state index contributed by atoms with van der Waals surface area (Å²) in [4.78, 5) is 68.3. The first-order valence-electron chi connectivity index (χ1n) is 18.6. The molecule has 290 valence electrons. The lowest BCUT2D eigenvalue weighted by atomic mass is 10.0. The van der Waals surface area contributed by atoms with Gasteiger partial charge in [-0.05, 0) is 26.2 Å². The molecule has 14 nitrogen and oxygen atoms in total. The van der Waals surface area contributed by atoms with E-state index in [0.717, 1.165) is 32.1 Å². The highest BCUT2D eigenvalue weighted by Gasteiger charge is 2.20. The average molecular weight is 716 g/mol. The van der Waals surface area contributed by atoms with Crippen molar-refractivity contribution in [3.05, 3.63) is 0 Å². The van der Waals surface area contributed by atoms with Gasteiger partial charge >= 0.3 is 11.9 Å². The van der Waals surface area contributed by atoms with Gasteiger partial charge in [0.25, 0.3) is 0 Å². The van der Waals surface area contributed by atoms with Crippen LogP contribution in [0.5, 0.6) is 0 Å². The van der Waals surface area contributed by atoms with Crippen LogP contribution in [0.15, 0.2) is 0 Å². The van der Waals surface area contributed by atoms with Gasteiger partial charge in [0.05, 0.1) is 26.4 Å². The Morgan fingerprint density at radius 2 is 0.920 bits per heavy atom. The molecule has 0 spiro atoms. The predicted molar refractivity (Wildman–Crippen MR) is 189 cm³/mol. The van der Waals surface area contributed by atoms with Gasteiger partial charge in [-0.25, -0.2) is 4.79 Å². The Hall–Kier alpha value is -3.10. The van der Waals surface area contributed by atoms with Crippen molar-refractivity contribution in [1.29, 1.82) is 0 Å². The van der Waals surface area contributed by atoms with Gasteiger partial charge in [-0.1, -0.05) is 89.9 Å². The first-order valence-corrected chi connectivity index (χ1v) is 18.6. The van der Waals surface area contributed by atoms with Crippen molar-refractivity contribution in [2.75, 3.05) is 52.7 Å². The Kier molecular flexibility index (Phi) is 32.2. The van der Waals surface area contributed by atoms with Crippen molar-refractivity contribution in [1.82, 2.24) is 16.0 Å². The number of hydrogen-bond donors (Lipinski definition) is 5. The number of carbonyl (C=O) groups excluding carboxylic acids is 4. The zero-order valence-electron chi connectivity index (χ0n) is 30.4. The van der Waals surface area contributed by atoms with Crippen molar-refractivity contribution < 1.29 is 53.2 Å². The molecule has 0 radical (unpaired) electrons. The molecule has 1 atom stereocenters. The third-order valence-electron chi connectivity index (χ3n) is 7.94. The van der Waals surface area contributed by atoms with Crippen LogP contribution >= 0.6 is 0 Å². The second-order valence-electron chi connectivity index (χ2n) is 12.7. The fourth-order valence-electron chi connectivity index (χ4n) is 5.10. The Morgan fingerprint density at radius 1 is 0.500 bits per heavy atom. The van der Waals surface area contributed by atoms with Gasteiger partial charge in [0.1, 0.15) is 25.0 Å². The number of carbonyl (C=O) groups is 6. The minimum Gasteiger partial charge on any atom is -0.481 e. The number of aliphatic carboxylic acids is 2. The number of carboxylic acid groups (broad SMARTS) is 2. The monoisotopic (exact) mass is 715 g/mol. The molecule has 50 heavy (non-hydrogen) atoms. The van der Waals surface area contributed by atoms with Gasteiger partial charge < -0.3 is 45.2 Å². The molecular formula is C36H65N3O11. The standard InChI is InChI=1S/C36H65N3O11/c1-30(40)20-21-31(36(46)47)39-34(43)29-50-28-33(42)38-23-25-49-27-26-48-24-22-37-32(41)18-16-14-12-10-8-6-4-2-3-5-7-9-11-13-15-17-19-35(44)45/h31H,2-29H2,1H3,(H,37,41)(H,38,42)(H,39,43)(H,44,45)(H,46,47)/t31-/m0/s1. The summed E-state index contributed by atoms with van der Waals surface area (Å²) >= 11 is 0. The van der Waals surface area contributed by atoms with E-state index >= 15 is 0 Å². The van der Waals surface area contributed by atoms with Gasteiger partial charge in [-0.3, -0.25) is 19.2 Å². The van der Waals surface area contributed by atoms with E-state index in [4.69, 9.17) is 24.4 Å². The third kappa shape index (κ3) is 34.8. The molecule has 5 N–H and O–H groups in total. The molecule has 0 bridgehead atoms. The van der Waals surface area contributed by atoms with Crippen LogP contribution in [-0.2, 0) is 43.0 Å². The highest BCUT2D eigenvalue weighted by Crippen LogP contribution is 2.14. The van der Waals surface area contributed by atoms with Crippen molar-refractivity contribution in [3.8, 4) is 0 Å². The van der Waals surface area contributed by atoms with Crippen LogP contribution in [0.1, 0.15) is 135 Å². The maximum Gasteiger partial charge on any atom is 0.326 e. The van der Waals surface area contributed by atoms with Crippen molar-refractivity contribution >= 4 is 35.4 Å². The van der Waals surface area contributed by atoms with E-state index in [1.165, 1.54) is 77.6 Å². The van der Waals surface area contributed by atoms with E-state index in [2.05, 4.69) is 16.0 Å². The highest BCUT2D eigenvalue weighted by atomic mass is 16.5. The van der Waals surface area contributed by atoms with E-state index in [1.54, 1.807) is 0 Å². The van der Waals surface area contributed by atoms with Crippen LogP contribution in [0.25, 0.3) is 0 Å². The molecule has 0 aliphatic heterocycles. The van der Waals surface area contributed by atoms with Crippen LogP contribution in [0.2, 0.25) is 0 Å². The molecule has 0 unspecified atom stereocenters. The molecule has 0 rings (SSSR count). The van der Waals surface area contributed by atoms with E-state index in [9.17, 15) is 28.8 Å². The summed E-state index contributed by atoms with van der Waals surface area (Å²) < 4.78 is 15.8. The zero-order chi connectivity index (χ0) is 37.1. The number of unbranched alkanes of at least 4 members (excludes halogenated alkanes) is 15. The lowest BCUT2D eigenvalue weighted by molar-refractivity contribution is -0.143. The zero-order valence-corrected chi connectivity index (χ0v) is 30.4. The number of hydrogen-bond acceptors (Lipinski definition) is 9.